The van der Waals surface area contributed by atoms with E-state index in [9.17, 15) is 13.2 Å². The Hall–Kier alpha value is -1.53. The van der Waals surface area contributed by atoms with Crippen LogP contribution in [0.4, 0.5) is 13.2 Å². The van der Waals surface area contributed by atoms with Gasteiger partial charge in [-0.15, -0.1) is 23.4 Å². The highest BCUT2D eigenvalue weighted by Gasteiger charge is 2.32. The van der Waals surface area contributed by atoms with Crippen molar-refractivity contribution in [1.29, 1.82) is 0 Å². The van der Waals surface area contributed by atoms with Crippen molar-refractivity contribution in [3.8, 4) is 16.9 Å². The molecule has 2 rings (SSSR count). The monoisotopic (exact) mass is 308 g/mol. The number of para-hydroxylation sites is 1. The van der Waals surface area contributed by atoms with Crippen molar-refractivity contribution in [3.63, 3.8) is 0 Å². The first-order valence-corrected chi connectivity index (χ1v) is 5.66. The standard InChI is InChI=1S/C11H5Cl2F3N2O/c12-9-5-7(10(13)18-17-9)6-3-1-2-4-8(6)19-11(14,15)16/h1-5H. The van der Waals surface area contributed by atoms with Crippen LogP contribution in [0, 0.1) is 0 Å². The molecule has 0 amide bonds. The van der Waals surface area contributed by atoms with Crippen molar-refractivity contribution in [2.24, 2.45) is 0 Å². The Labute approximate surface area is 115 Å². The molecule has 0 aliphatic rings. The van der Waals surface area contributed by atoms with Crippen molar-refractivity contribution in [2.75, 3.05) is 0 Å². The quantitative estimate of drug-likeness (QED) is 0.827. The third-order valence-corrected chi connectivity index (χ3v) is 2.59. The Kier molecular flexibility index (Phi) is 3.82. The Morgan fingerprint density at radius 3 is 2.37 bits per heavy atom. The second-order valence-electron chi connectivity index (χ2n) is 3.42. The van der Waals surface area contributed by atoms with Crippen LogP contribution in [0.3, 0.4) is 0 Å². The highest BCUT2D eigenvalue weighted by Crippen LogP contribution is 2.36. The summed E-state index contributed by atoms with van der Waals surface area (Å²) in [6.07, 6.45) is -4.80. The molecule has 1 heterocycles. The molecule has 2 aromatic rings. The first-order chi connectivity index (χ1) is 8.87. The molecule has 0 N–H and O–H groups in total. The average Bonchev–Trinajstić information content (AvgIpc) is 2.31. The van der Waals surface area contributed by atoms with E-state index < -0.39 is 6.36 Å². The SMILES string of the molecule is FC(F)(F)Oc1ccccc1-c1cc(Cl)nnc1Cl. The number of benzene rings is 1. The molecular weight excluding hydrogens is 304 g/mol. The number of alkyl halides is 3. The molecule has 0 unspecified atom stereocenters. The van der Waals surface area contributed by atoms with E-state index in [0.717, 1.165) is 0 Å². The molecule has 0 spiro atoms. The molecule has 8 heteroatoms. The average molecular weight is 309 g/mol. The third kappa shape index (κ3) is 3.48. The van der Waals surface area contributed by atoms with Crippen molar-refractivity contribution in [3.05, 3.63) is 40.6 Å². The number of hydrogen-bond acceptors (Lipinski definition) is 3. The normalized spacial score (nSPS) is 11.4. The van der Waals surface area contributed by atoms with Crippen LogP contribution in [0.25, 0.3) is 11.1 Å². The summed E-state index contributed by atoms with van der Waals surface area (Å²) in [5.74, 6) is -0.388. The van der Waals surface area contributed by atoms with E-state index in [1.165, 1.54) is 24.3 Å². The maximum absolute atomic E-state index is 12.3. The molecule has 0 aliphatic carbocycles. The fourth-order valence-electron chi connectivity index (χ4n) is 1.44. The minimum atomic E-state index is -4.80. The van der Waals surface area contributed by atoms with E-state index in [1.54, 1.807) is 6.07 Å². The molecule has 0 bridgehead atoms. The summed E-state index contributed by atoms with van der Waals surface area (Å²) in [4.78, 5) is 0. The predicted molar refractivity (Wildman–Crippen MR) is 64.2 cm³/mol. The summed E-state index contributed by atoms with van der Waals surface area (Å²) in [5, 5.41) is 6.98. The number of halogens is 5. The van der Waals surface area contributed by atoms with Gasteiger partial charge in [-0.05, 0) is 12.1 Å². The van der Waals surface area contributed by atoms with Crippen molar-refractivity contribution >= 4 is 23.2 Å². The minimum absolute atomic E-state index is 0.0150. The van der Waals surface area contributed by atoms with Gasteiger partial charge < -0.3 is 4.74 Å². The van der Waals surface area contributed by atoms with Gasteiger partial charge >= 0.3 is 6.36 Å². The molecule has 0 radical (unpaired) electrons. The summed E-state index contributed by atoms with van der Waals surface area (Å²) >= 11 is 11.5. The van der Waals surface area contributed by atoms with E-state index in [1.807, 2.05) is 0 Å². The topological polar surface area (TPSA) is 35.0 Å². The second kappa shape index (κ2) is 5.22. The van der Waals surface area contributed by atoms with Crippen LogP contribution in [-0.4, -0.2) is 16.6 Å². The lowest BCUT2D eigenvalue weighted by molar-refractivity contribution is -0.274. The van der Waals surface area contributed by atoms with Crippen LogP contribution < -0.4 is 4.74 Å². The number of aromatic nitrogens is 2. The molecule has 0 saturated carbocycles. The maximum atomic E-state index is 12.3. The summed E-state index contributed by atoms with van der Waals surface area (Å²) in [5.41, 5.74) is 0.336. The first kappa shape index (κ1) is 13.9. The van der Waals surface area contributed by atoms with E-state index in [0.29, 0.717) is 0 Å². The summed E-state index contributed by atoms with van der Waals surface area (Å²) < 4.78 is 40.9. The summed E-state index contributed by atoms with van der Waals surface area (Å²) in [7, 11) is 0. The van der Waals surface area contributed by atoms with Gasteiger partial charge in [0.25, 0.3) is 0 Å². The van der Waals surface area contributed by atoms with Crippen molar-refractivity contribution in [2.45, 2.75) is 6.36 Å². The van der Waals surface area contributed by atoms with Gasteiger partial charge in [0.2, 0.25) is 0 Å². The fraction of sp³-hybridized carbons (Fsp3) is 0.0909. The minimum Gasteiger partial charge on any atom is -0.405 e. The zero-order valence-corrected chi connectivity index (χ0v) is 10.6. The van der Waals surface area contributed by atoms with Gasteiger partial charge in [-0.1, -0.05) is 41.4 Å². The molecule has 19 heavy (non-hydrogen) atoms. The molecule has 1 aromatic heterocycles. The van der Waals surface area contributed by atoms with E-state index in [2.05, 4.69) is 14.9 Å². The smallest absolute Gasteiger partial charge is 0.405 e. The van der Waals surface area contributed by atoms with Crippen LogP contribution in [0.1, 0.15) is 0 Å². The summed E-state index contributed by atoms with van der Waals surface area (Å²) in [6.45, 7) is 0. The lowest BCUT2D eigenvalue weighted by Crippen LogP contribution is -2.17. The third-order valence-electron chi connectivity index (χ3n) is 2.12. The first-order valence-electron chi connectivity index (χ1n) is 4.91. The molecule has 1 aromatic carbocycles. The Bertz CT molecular complexity index is 605. The molecule has 100 valence electrons. The largest absolute Gasteiger partial charge is 0.573 e. The highest BCUT2D eigenvalue weighted by atomic mass is 35.5. The van der Waals surface area contributed by atoms with Gasteiger partial charge in [0, 0.05) is 11.1 Å². The van der Waals surface area contributed by atoms with Crippen LogP contribution in [0.15, 0.2) is 30.3 Å². The molecule has 0 atom stereocenters. The second-order valence-corrected chi connectivity index (χ2v) is 4.16. The van der Waals surface area contributed by atoms with Gasteiger partial charge in [-0.2, -0.15) is 0 Å². The molecular formula is C11H5Cl2F3N2O. The number of hydrogen-bond donors (Lipinski definition) is 0. The van der Waals surface area contributed by atoms with Gasteiger partial charge in [0.1, 0.15) is 5.75 Å². The van der Waals surface area contributed by atoms with Crippen LogP contribution in [-0.2, 0) is 0 Å². The lowest BCUT2D eigenvalue weighted by atomic mass is 10.1. The Morgan fingerprint density at radius 1 is 1.00 bits per heavy atom. The number of ether oxygens (including phenoxy) is 1. The van der Waals surface area contributed by atoms with E-state index in [4.69, 9.17) is 23.2 Å². The van der Waals surface area contributed by atoms with Crippen molar-refractivity contribution in [1.82, 2.24) is 10.2 Å². The Morgan fingerprint density at radius 2 is 1.68 bits per heavy atom. The number of nitrogens with zero attached hydrogens (tertiary/aromatic N) is 2. The number of rotatable bonds is 2. The van der Waals surface area contributed by atoms with E-state index >= 15 is 0 Å². The fourth-order valence-corrected chi connectivity index (χ4v) is 1.79. The van der Waals surface area contributed by atoms with Gasteiger partial charge in [0.05, 0.1) is 0 Å². The van der Waals surface area contributed by atoms with E-state index in [-0.39, 0.29) is 27.2 Å². The van der Waals surface area contributed by atoms with Gasteiger partial charge in [-0.25, -0.2) is 0 Å². The lowest BCUT2D eigenvalue weighted by Gasteiger charge is -2.13. The maximum Gasteiger partial charge on any atom is 0.573 e. The molecule has 0 fully saturated rings. The van der Waals surface area contributed by atoms with Gasteiger partial charge in [-0.3, -0.25) is 0 Å². The molecule has 3 nitrogen and oxygen atoms in total. The zero-order valence-electron chi connectivity index (χ0n) is 9.08. The molecule has 0 saturated heterocycles. The summed E-state index contributed by atoms with van der Waals surface area (Å²) in [6, 6.07) is 6.86. The van der Waals surface area contributed by atoms with Crippen molar-refractivity contribution < 1.29 is 17.9 Å². The van der Waals surface area contributed by atoms with Crippen LogP contribution >= 0.6 is 23.2 Å². The van der Waals surface area contributed by atoms with Crippen LogP contribution in [0.2, 0.25) is 10.3 Å². The highest BCUT2D eigenvalue weighted by molar-refractivity contribution is 6.33. The Balaban J connectivity index is 2.53. The predicted octanol–water partition coefficient (Wildman–Crippen LogP) is 4.35. The zero-order chi connectivity index (χ0) is 14.0. The van der Waals surface area contributed by atoms with Crippen LogP contribution in [0.5, 0.6) is 5.75 Å². The van der Waals surface area contributed by atoms with Gasteiger partial charge in [0.15, 0.2) is 10.3 Å². The molecule has 0 aliphatic heterocycles.